The van der Waals surface area contributed by atoms with Crippen LogP contribution in [-0.4, -0.2) is 31.6 Å². The molecule has 1 aromatic rings. The largest absolute Gasteiger partial charge is 0.312 e. The summed E-state index contributed by atoms with van der Waals surface area (Å²) >= 11 is 0. The molecule has 0 bridgehead atoms. The van der Waals surface area contributed by atoms with Crippen molar-refractivity contribution in [2.24, 2.45) is 5.41 Å². The van der Waals surface area contributed by atoms with Gasteiger partial charge in [-0.25, -0.2) is 0 Å². The molecule has 1 heterocycles. The Morgan fingerprint density at radius 1 is 1.14 bits per heavy atom. The van der Waals surface area contributed by atoms with E-state index in [-0.39, 0.29) is 0 Å². The zero-order valence-electron chi connectivity index (χ0n) is 14.3. The molecule has 1 unspecified atom stereocenters. The molecular formula is C19H32N2. The van der Waals surface area contributed by atoms with Crippen molar-refractivity contribution in [3.8, 4) is 0 Å². The maximum absolute atomic E-state index is 3.50. The van der Waals surface area contributed by atoms with Crippen LogP contribution in [0.25, 0.3) is 0 Å². The molecule has 2 rings (SSSR count). The van der Waals surface area contributed by atoms with Gasteiger partial charge in [-0.05, 0) is 62.4 Å². The maximum atomic E-state index is 3.50. The smallest absolute Gasteiger partial charge is 0.0446 e. The van der Waals surface area contributed by atoms with Crippen LogP contribution in [0.1, 0.15) is 57.2 Å². The Hall–Kier alpha value is -0.860. The number of likely N-dealkylation sites (tertiary alicyclic amines) is 1. The molecule has 2 heteroatoms. The van der Waals surface area contributed by atoms with Crippen molar-refractivity contribution in [3.63, 3.8) is 0 Å². The molecule has 0 radical (unpaired) electrons. The Balaban J connectivity index is 1.97. The van der Waals surface area contributed by atoms with E-state index in [1.807, 2.05) is 0 Å². The first-order valence-corrected chi connectivity index (χ1v) is 8.52. The predicted molar refractivity (Wildman–Crippen MR) is 91.7 cm³/mol. The fraction of sp³-hybridized carbons (Fsp3) is 0.684. The second-order valence-electron chi connectivity index (χ2n) is 7.25. The zero-order valence-corrected chi connectivity index (χ0v) is 14.3. The second kappa shape index (κ2) is 7.42. The lowest BCUT2D eigenvalue weighted by molar-refractivity contribution is 0.240. The molecule has 1 saturated heterocycles. The number of hydrogen-bond donors (Lipinski definition) is 1. The molecule has 1 aromatic carbocycles. The minimum absolute atomic E-state index is 0.442. The second-order valence-corrected chi connectivity index (χ2v) is 7.25. The molecule has 1 fully saturated rings. The van der Waals surface area contributed by atoms with E-state index in [0.29, 0.717) is 11.5 Å². The summed E-state index contributed by atoms with van der Waals surface area (Å²) < 4.78 is 0. The van der Waals surface area contributed by atoms with Crippen LogP contribution in [0.3, 0.4) is 0 Å². The van der Waals surface area contributed by atoms with Gasteiger partial charge in [0.05, 0.1) is 0 Å². The first-order valence-electron chi connectivity index (χ1n) is 8.52. The van der Waals surface area contributed by atoms with Crippen molar-refractivity contribution in [2.45, 2.75) is 52.5 Å². The third-order valence-electron chi connectivity index (χ3n) is 5.01. The molecule has 0 saturated carbocycles. The number of benzene rings is 1. The summed E-state index contributed by atoms with van der Waals surface area (Å²) in [7, 11) is 2.08. The molecule has 118 valence electrons. The Kier molecular flexibility index (Phi) is 5.83. The molecule has 0 aromatic heterocycles. The van der Waals surface area contributed by atoms with Crippen LogP contribution in [0, 0.1) is 5.41 Å². The zero-order chi connectivity index (χ0) is 15.3. The molecule has 1 aliphatic rings. The van der Waals surface area contributed by atoms with Gasteiger partial charge in [0.15, 0.2) is 0 Å². The van der Waals surface area contributed by atoms with Crippen molar-refractivity contribution in [2.75, 3.05) is 26.7 Å². The number of aryl methyl sites for hydroxylation is 1. The summed E-state index contributed by atoms with van der Waals surface area (Å²) in [6.45, 7) is 10.6. The van der Waals surface area contributed by atoms with Gasteiger partial charge >= 0.3 is 0 Å². The Morgan fingerprint density at radius 3 is 2.48 bits per heavy atom. The van der Waals surface area contributed by atoms with Crippen molar-refractivity contribution in [1.82, 2.24) is 10.2 Å². The normalized spacial score (nSPS) is 21.0. The Bertz CT molecular complexity index is 422. The number of likely N-dealkylation sites (N-methyl/N-ethyl adjacent to an activating group) is 1. The van der Waals surface area contributed by atoms with Crippen molar-refractivity contribution < 1.29 is 0 Å². The van der Waals surface area contributed by atoms with E-state index < -0.39 is 0 Å². The molecule has 0 amide bonds. The van der Waals surface area contributed by atoms with E-state index in [2.05, 4.69) is 62.3 Å². The minimum atomic E-state index is 0.442. The van der Waals surface area contributed by atoms with Crippen molar-refractivity contribution in [1.29, 1.82) is 0 Å². The predicted octanol–water partition coefficient (Wildman–Crippen LogP) is 4.02. The summed E-state index contributed by atoms with van der Waals surface area (Å²) in [5.41, 5.74) is 3.36. The fourth-order valence-electron chi connectivity index (χ4n) is 3.27. The van der Waals surface area contributed by atoms with E-state index in [9.17, 15) is 0 Å². The highest BCUT2D eigenvalue weighted by atomic mass is 15.1. The number of hydrogen-bond acceptors (Lipinski definition) is 2. The number of rotatable bonds is 5. The third-order valence-corrected chi connectivity index (χ3v) is 5.01. The van der Waals surface area contributed by atoms with Crippen LogP contribution in [-0.2, 0) is 6.42 Å². The van der Waals surface area contributed by atoms with E-state index in [1.54, 1.807) is 0 Å². The highest BCUT2D eigenvalue weighted by molar-refractivity contribution is 5.25. The molecular weight excluding hydrogens is 256 g/mol. The van der Waals surface area contributed by atoms with Gasteiger partial charge in [-0.3, -0.25) is 0 Å². The number of nitrogens with zero attached hydrogens (tertiary/aromatic N) is 1. The standard InChI is InChI=1S/C19H32N2/c1-5-16-7-9-17(10-8-16)18(20-4)15-21-13-6-11-19(2,3)12-14-21/h7-10,18,20H,5-6,11-15H2,1-4H3. The van der Waals surface area contributed by atoms with Gasteiger partial charge in [-0.15, -0.1) is 0 Å². The van der Waals surface area contributed by atoms with Crippen LogP contribution in [0.2, 0.25) is 0 Å². The summed E-state index contributed by atoms with van der Waals surface area (Å²) in [5, 5.41) is 3.50. The quantitative estimate of drug-likeness (QED) is 0.880. The number of nitrogens with one attached hydrogen (secondary N) is 1. The lowest BCUT2D eigenvalue weighted by Gasteiger charge is -2.27. The van der Waals surface area contributed by atoms with E-state index in [1.165, 1.54) is 43.5 Å². The molecule has 1 atom stereocenters. The lowest BCUT2D eigenvalue weighted by Crippen LogP contribution is -2.34. The van der Waals surface area contributed by atoms with E-state index in [4.69, 9.17) is 0 Å². The summed E-state index contributed by atoms with van der Waals surface area (Å²) in [5.74, 6) is 0. The van der Waals surface area contributed by atoms with Gasteiger partial charge in [0.2, 0.25) is 0 Å². The average molecular weight is 288 g/mol. The SMILES string of the molecule is CCc1ccc(C(CN2CCCC(C)(C)CC2)NC)cc1. The van der Waals surface area contributed by atoms with Crippen LogP contribution in [0.4, 0.5) is 0 Å². The van der Waals surface area contributed by atoms with Crippen LogP contribution >= 0.6 is 0 Å². The van der Waals surface area contributed by atoms with Gasteiger partial charge in [0.1, 0.15) is 0 Å². The van der Waals surface area contributed by atoms with Gasteiger partial charge in [-0.2, -0.15) is 0 Å². The summed E-state index contributed by atoms with van der Waals surface area (Å²) in [4.78, 5) is 2.64. The summed E-state index contributed by atoms with van der Waals surface area (Å²) in [6, 6.07) is 9.57. The monoisotopic (exact) mass is 288 g/mol. The van der Waals surface area contributed by atoms with E-state index in [0.717, 1.165) is 13.0 Å². The van der Waals surface area contributed by atoms with Gasteiger partial charge in [-0.1, -0.05) is 45.0 Å². The van der Waals surface area contributed by atoms with Crippen LogP contribution in [0.5, 0.6) is 0 Å². The molecule has 1 N–H and O–H groups in total. The molecule has 0 aliphatic carbocycles. The first kappa shape index (κ1) is 16.5. The summed E-state index contributed by atoms with van der Waals surface area (Å²) in [6.07, 6.45) is 5.13. The average Bonchev–Trinajstić information content (AvgIpc) is 2.66. The van der Waals surface area contributed by atoms with Gasteiger partial charge in [0.25, 0.3) is 0 Å². The molecule has 2 nitrogen and oxygen atoms in total. The minimum Gasteiger partial charge on any atom is -0.312 e. The Labute approximate surface area is 130 Å². The highest BCUT2D eigenvalue weighted by Crippen LogP contribution is 2.30. The highest BCUT2D eigenvalue weighted by Gasteiger charge is 2.24. The Morgan fingerprint density at radius 2 is 1.86 bits per heavy atom. The van der Waals surface area contributed by atoms with Crippen molar-refractivity contribution in [3.05, 3.63) is 35.4 Å². The molecule has 1 aliphatic heterocycles. The van der Waals surface area contributed by atoms with Gasteiger partial charge < -0.3 is 10.2 Å². The topological polar surface area (TPSA) is 15.3 Å². The molecule has 0 spiro atoms. The van der Waals surface area contributed by atoms with Crippen LogP contribution in [0.15, 0.2) is 24.3 Å². The first-order chi connectivity index (χ1) is 10.0. The van der Waals surface area contributed by atoms with Gasteiger partial charge in [0, 0.05) is 12.6 Å². The maximum Gasteiger partial charge on any atom is 0.0446 e. The van der Waals surface area contributed by atoms with Crippen LogP contribution < -0.4 is 5.32 Å². The third kappa shape index (κ3) is 4.82. The van der Waals surface area contributed by atoms with Crippen molar-refractivity contribution >= 4 is 0 Å². The fourth-order valence-corrected chi connectivity index (χ4v) is 3.27. The lowest BCUT2D eigenvalue weighted by atomic mass is 9.85. The molecule has 21 heavy (non-hydrogen) atoms. The van der Waals surface area contributed by atoms with E-state index >= 15 is 0 Å².